The van der Waals surface area contributed by atoms with Gasteiger partial charge in [-0.05, 0) is 26.2 Å². The molecule has 1 unspecified atom stereocenters. The van der Waals surface area contributed by atoms with Gasteiger partial charge in [0.15, 0.2) is 0 Å². The van der Waals surface area contributed by atoms with E-state index in [2.05, 4.69) is 0 Å². The van der Waals surface area contributed by atoms with Crippen molar-refractivity contribution >= 4 is 6.09 Å². The number of cyclic esters (lactones) is 1. The molecule has 3 fully saturated rings. The smallest absolute Gasteiger partial charge is 0.411 e. The van der Waals surface area contributed by atoms with Gasteiger partial charge in [0.25, 0.3) is 0 Å². The van der Waals surface area contributed by atoms with E-state index in [9.17, 15) is 4.79 Å². The summed E-state index contributed by atoms with van der Waals surface area (Å²) < 4.78 is 5.11. The van der Waals surface area contributed by atoms with E-state index in [1.54, 1.807) is 0 Å². The zero-order valence-electron chi connectivity index (χ0n) is 6.54. The highest BCUT2D eigenvalue weighted by molar-refractivity contribution is 5.78. The van der Waals surface area contributed by atoms with Crippen molar-refractivity contribution in [1.82, 2.24) is 4.90 Å². The van der Waals surface area contributed by atoms with Gasteiger partial charge in [-0.15, -0.1) is 0 Å². The summed E-state index contributed by atoms with van der Waals surface area (Å²) in [5.41, 5.74) is 0.164. The maximum Gasteiger partial charge on any atom is 0.411 e. The van der Waals surface area contributed by atoms with Gasteiger partial charge in [0.2, 0.25) is 0 Å². The molecule has 2 heterocycles. The van der Waals surface area contributed by atoms with Crippen LogP contribution in [0, 0.1) is 0 Å². The second kappa shape index (κ2) is 1.40. The fraction of sp³-hybridized carbons (Fsp3) is 0.875. The van der Waals surface area contributed by atoms with Crippen LogP contribution in [0.1, 0.15) is 26.2 Å². The van der Waals surface area contributed by atoms with Gasteiger partial charge in [0.1, 0.15) is 11.6 Å². The molecule has 0 radical (unpaired) electrons. The number of hydrogen-bond acceptors (Lipinski definition) is 2. The van der Waals surface area contributed by atoms with Gasteiger partial charge >= 0.3 is 6.09 Å². The second-order valence-electron chi connectivity index (χ2n) is 3.80. The summed E-state index contributed by atoms with van der Waals surface area (Å²) >= 11 is 0. The lowest BCUT2D eigenvalue weighted by Gasteiger charge is -2.10. The summed E-state index contributed by atoms with van der Waals surface area (Å²) in [5, 5.41) is 0. The Balaban J connectivity index is 2.02. The van der Waals surface area contributed by atoms with Crippen LogP contribution in [0.4, 0.5) is 4.79 Å². The number of fused-ring (bicyclic) bond motifs is 1. The van der Waals surface area contributed by atoms with E-state index in [4.69, 9.17) is 4.74 Å². The number of amides is 1. The van der Waals surface area contributed by atoms with E-state index in [-0.39, 0.29) is 17.7 Å². The molecule has 1 spiro atoms. The van der Waals surface area contributed by atoms with E-state index in [0.29, 0.717) is 6.04 Å². The zero-order chi connectivity index (χ0) is 7.64. The molecule has 1 saturated carbocycles. The van der Waals surface area contributed by atoms with Gasteiger partial charge in [0.05, 0.1) is 6.04 Å². The summed E-state index contributed by atoms with van der Waals surface area (Å²) in [6.07, 6.45) is 3.68. The number of ether oxygens (including phenoxy) is 1. The largest absolute Gasteiger partial charge is 0.444 e. The van der Waals surface area contributed by atoms with Crippen LogP contribution < -0.4 is 0 Å². The van der Waals surface area contributed by atoms with Crippen LogP contribution in [-0.2, 0) is 4.74 Å². The van der Waals surface area contributed by atoms with Crippen LogP contribution >= 0.6 is 0 Å². The Kier molecular flexibility index (Phi) is 0.747. The maximum absolute atomic E-state index is 11.1. The van der Waals surface area contributed by atoms with Crippen molar-refractivity contribution < 1.29 is 9.53 Å². The molecule has 60 valence electrons. The SMILES string of the molecule is CC1OC(=O)N2[C@H]3CCC[C@]132. The van der Waals surface area contributed by atoms with E-state index in [1.807, 2.05) is 11.8 Å². The van der Waals surface area contributed by atoms with Crippen molar-refractivity contribution in [3.63, 3.8) is 0 Å². The van der Waals surface area contributed by atoms with Crippen molar-refractivity contribution in [2.45, 2.75) is 43.9 Å². The lowest BCUT2D eigenvalue weighted by atomic mass is 10.0. The third kappa shape index (κ3) is 0.417. The number of hydrogen-bond donors (Lipinski definition) is 0. The molecule has 11 heavy (non-hydrogen) atoms. The molecule has 0 aromatic carbocycles. The molecule has 1 amide bonds. The number of rotatable bonds is 0. The molecule has 3 rings (SSSR count). The fourth-order valence-corrected chi connectivity index (χ4v) is 2.93. The summed E-state index contributed by atoms with van der Waals surface area (Å²) in [7, 11) is 0. The molecule has 3 heteroatoms. The molecule has 0 aromatic rings. The molecule has 0 N–H and O–H groups in total. The predicted octanol–water partition coefficient (Wildman–Crippen LogP) is 1.13. The van der Waals surface area contributed by atoms with Crippen LogP contribution in [0.3, 0.4) is 0 Å². The summed E-state index contributed by atoms with van der Waals surface area (Å²) in [6.45, 7) is 2.02. The molecule has 3 aliphatic rings. The highest BCUT2D eigenvalue weighted by atomic mass is 16.6. The van der Waals surface area contributed by atoms with E-state index in [0.717, 1.165) is 6.42 Å². The van der Waals surface area contributed by atoms with E-state index >= 15 is 0 Å². The van der Waals surface area contributed by atoms with Gasteiger partial charge in [-0.25, -0.2) is 4.79 Å². The molecule has 2 saturated heterocycles. The summed E-state index contributed by atoms with van der Waals surface area (Å²) in [5.74, 6) is 0. The lowest BCUT2D eigenvalue weighted by molar-refractivity contribution is 0.117. The van der Waals surface area contributed by atoms with Crippen LogP contribution in [0.5, 0.6) is 0 Å². The number of piperidine rings is 1. The van der Waals surface area contributed by atoms with Crippen molar-refractivity contribution in [1.29, 1.82) is 0 Å². The third-order valence-corrected chi connectivity index (χ3v) is 3.50. The standard InChI is InChI=1S/C8H11NO2/c1-5-8-4-2-3-6(8)9(8)7(10)11-5/h5-6H,2-4H2,1H3/t5?,6-,8-,9?/m0/s1. The average molecular weight is 153 g/mol. The third-order valence-electron chi connectivity index (χ3n) is 3.50. The minimum atomic E-state index is -0.0813. The molecule has 3 nitrogen and oxygen atoms in total. The van der Waals surface area contributed by atoms with Crippen molar-refractivity contribution in [2.75, 3.05) is 0 Å². The van der Waals surface area contributed by atoms with Gasteiger partial charge < -0.3 is 4.74 Å². The van der Waals surface area contributed by atoms with Crippen LogP contribution in [0.15, 0.2) is 0 Å². The number of nitrogens with zero attached hydrogens (tertiary/aromatic N) is 1. The molecular formula is C8H11NO2. The van der Waals surface area contributed by atoms with Gasteiger partial charge in [-0.1, -0.05) is 0 Å². The first-order valence-electron chi connectivity index (χ1n) is 4.27. The van der Waals surface area contributed by atoms with Gasteiger partial charge in [0, 0.05) is 0 Å². The molecule has 0 bridgehead atoms. The Hall–Kier alpha value is -0.730. The topological polar surface area (TPSA) is 29.3 Å². The molecule has 0 aromatic heterocycles. The second-order valence-corrected chi connectivity index (χ2v) is 3.80. The van der Waals surface area contributed by atoms with E-state index < -0.39 is 0 Å². The van der Waals surface area contributed by atoms with E-state index in [1.165, 1.54) is 12.8 Å². The minimum absolute atomic E-state index is 0.0813. The van der Waals surface area contributed by atoms with Gasteiger partial charge in [-0.2, -0.15) is 0 Å². The number of carbonyl (C=O) groups excluding carboxylic acids is 1. The monoisotopic (exact) mass is 153 g/mol. The van der Waals surface area contributed by atoms with Crippen molar-refractivity contribution in [3.8, 4) is 0 Å². The average Bonchev–Trinajstić information content (AvgIpc) is 2.32. The Morgan fingerprint density at radius 2 is 2.55 bits per heavy atom. The Morgan fingerprint density at radius 3 is 3.18 bits per heavy atom. The first kappa shape index (κ1) is 5.86. The van der Waals surface area contributed by atoms with Crippen LogP contribution in [0.25, 0.3) is 0 Å². The summed E-state index contributed by atoms with van der Waals surface area (Å²) in [4.78, 5) is 13.1. The molecule has 3 atom stereocenters. The molecular weight excluding hydrogens is 142 g/mol. The Morgan fingerprint density at radius 1 is 1.73 bits per heavy atom. The first-order chi connectivity index (χ1) is 5.27. The normalized spacial score (nSPS) is 52.1. The van der Waals surface area contributed by atoms with Crippen LogP contribution in [-0.4, -0.2) is 28.7 Å². The Bertz CT molecular complexity index is 236. The molecule has 1 aliphatic carbocycles. The maximum atomic E-state index is 11.1. The highest BCUT2D eigenvalue weighted by Gasteiger charge is 2.75. The number of carbonyl (C=O) groups is 1. The Labute approximate surface area is 65.3 Å². The quantitative estimate of drug-likeness (QED) is 0.488. The molecule has 2 aliphatic heterocycles. The van der Waals surface area contributed by atoms with Gasteiger partial charge in [-0.3, -0.25) is 4.90 Å². The van der Waals surface area contributed by atoms with Crippen molar-refractivity contribution in [3.05, 3.63) is 0 Å². The predicted molar refractivity (Wildman–Crippen MR) is 38.2 cm³/mol. The lowest BCUT2D eigenvalue weighted by Crippen LogP contribution is -2.25. The first-order valence-corrected chi connectivity index (χ1v) is 4.27. The fourth-order valence-electron chi connectivity index (χ4n) is 2.93. The van der Waals surface area contributed by atoms with Crippen molar-refractivity contribution in [2.24, 2.45) is 0 Å². The van der Waals surface area contributed by atoms with Crippen LogP contribution in [0.2, 0.25) is 0 Å². The highest BCUT2D eigenvalue weighted by Crippen LogP contribution is 2.59. The zero-order valence-corrected chi connectivity index (χ0v) is 6.54. The summed E-state index contributed by atoms with van der Waals surface area (Å²) in [6, 6.07) is 0.541. The minimum Gasteiger partial charge on any atom is -0.444 e.